The number of carbonyl (C=O) groups is 2. The molecule has 9 heteroatoms. The van der Waals surface area contributed by atoms with Crippen LogP contribution in [0.2, 0.25) is 0 Å². The molecule has 1 aromatic rings. The summed E-state index contributed by atoms with van der Waals surface area (Å²) in [5.74, 6) is -0.413. The minimum Gasteiger partial charge on any atom is -0.341 e. The van der Waals surface area contributed by atoms with E-state index in [9.17, 15) is 18.0 Å². The number of benzene rings is 1. The summed E-state index contributed by atoms with van der Waals surface area (Å²) in [4.78, 5) is 24.8. The quantitative estimate of drug-likeness (QED) is 0.766. The van der Waals surface area contributed by atoms with Crippen LogP contribution in [0.25, 0.3) is 0 Å². The molecule has 1 heterocycles. The standard InChI is InChI=1S/C14H20N4O4S/c1-15-14(20)16-13(19)11-17-7-9-18(10-8-17)23(21,22)12-5-3-2-4-6-12/h2-6H,7-11H2,1H3,(H2,15,16,19,20). The summed E-state index contributed by atoms with van der Waals surface area (Å²) >= 11 is 0. The number of piperazine rings is 1. The maximum atomic E-state index is 12.5. The minimum atomic E-state index is -3.49. The SMILES string of the molecule is CNC(=O)NC(=O)CN1CCN(S(=O)(=O)c2ccccc2)CC1. The number of urea groups is 1. The van der Waals surface area contributed by atoms with Gasteiger partial charge in [0.2, 0.25) is 15.9 Å². The van der Waals surface area contributed by atoms with E-state index in [0.717, 1.165) is 0 Å². The lowest BCUT2D eigenvalue weighted by Crippen LogP contribution is -2.52. The summed E-state index contributed by atoms with van der Waals surface area (Å²) in [7, 11) is -2.07. The summed E-state index contributed by atoms with van der Waals surface area (Å²) in [5, 5.41) is 4.48. The van der Waals surface area contributed by atoms with E-state index in [-0.39, 0.29) is 11.4 Å². The van der Waals surface area contributed by atoms with E-state index in [0.29, 0.717) is 26.2 Å². The first-order chi connectivity index (χ1) is 10.9. The van der Waals surface area contributed by atoms with E-state index < -0.39 is 22.0 Å². The molecule has 23 heavy (non-hydrogen) atoms. The average molecular weight is 340 g/mol. The molecule has 2 N–H and O–H groups in total. The second kappa shape index (κ2) is 7.53. The molecule has 1 aromatic carbocycles. The van der Waals surface area contributed by atoms with Gasteiger partial charge in [-0.05, 0) is 12.1 Å². The molecule has 1 fully saturated rings. The number of rotatable bonds is 4. The van der Waals surface area contributed by atoms with E-state index in [1.54, 1.807) is 30.3 Å². The van der Waals surface area contributed by atoms with Crippen LogP contribution in [0, 0.1) is 0 Å². The zero-order valence-electron chi connectivity index (χ0n) is 12.9. The number of sulfonamides is 1. The van der Waals surface area contributed by atoms with Crippen molar-refractivity contribution in [2.75, 3.05) is 39.8 Å². The van der Waals surface area contributed by atoms with Crippen LogP contribution >= 0.6 is 0 Å². The first-order valence-corrected chi connectivity index (χ1v) is 8.66. The molecular formula is C14H20N4O4S. The van der Waals surface area contributed by atoms with Crippen molar-refractivity contribution >= 4 is 22.0 Å². The largest absolute Gasteiger partial charge is 0.341 e. The van der Waals surface area contributed by atoms with Crippen molar-refractivity contribution in [1.29, 1.82) is 0 Å². The van der Waals surface area contributed by atoms with Gasteiger partial charge in [-0.25, -0.2) is 13.2 Å². The highest BCUT2D eigenvalue weighted by atomic mass is 32.2. The normalized spacial score (nSPS) is 16.7. The van der Waals surface area contributed by atoms with Crippen molar-refractivity contribution in [3.8, 4) is 0 Å². The first kappa shape index (κ1) is 17.4. The molecular weight excluding hydrogens is 320 g/mol. The third-order valence-electron chi connectivity index (χ3n) is 3.56. The molecule has 0 aromatic heterocycles. The number of imide groups is 1. The van der Waals surface area contributed by atoms with Crippen molar-refractivity contribution in [2.24, 2.45) is 0 Å². The summed E-state index contributed by atoms with van der Waals surface area (Å²) in [5.41, 5.74) is 0. The number of amides is 3. The van der Waals surface area contributed by atoms with Crippen LogP contribution in [0.15, 0.2) is 35.2 Å². The Morgan fingerprint density at radius 1 is 1.09 bits per heavy atom. The number of nitrogens with zero attached hydrogens (tertiary/aromatic N) is 2. The average Bonchev–Trinajstić information content (AvgIpc) is 2.56. The zero-order chi connectivity index (χ0) is 16.9. The molecule has 0 saturated carbocycles. The summed E-state index contributed by atoms with van der Waals surface area (Å²) < 4.78 is 26.4. The van der Waals surface area contributed by atoms with Gasteiger partial charge >= 0.3 is 6.03 Å². The third-order valence-corrected chi connectivity index (χ3v) is 5.47. The van der Waals surface area contributed by atoms with Crippen molar-refractivity contribution in [1.82, 2.24) is 19.8 Å². The van der Waals surface area contributed by atoms with Crippen molar-refractivity contribution in [2.45, 2.75) is 4.90 Å². The van der Waals surface area contributed by atoms with Gasteiger partial charge in [-0.3, -0.25) is 15.0 Å². The van der Waals surface area contributed by atoms with Crippen molar-refractivity contribution in [3.05, 3.63) is 30.3 Å². The molecule has 0 radical (unpaired) electrons. The highest BCUT2D eigenvalue weighted by molar-refractivity contribution is 7.89. The predicted molar refractivity (Wildman–Crippen MR) is 84.2 cm³/mol. The number of hydrogen-bond donors (Lipinski definition) is 2. The Hall–Kier alpha value is -1.97. The molecule has 1 saturated heterocycles. The van der Waals surface area contributed by atoms with Gasteiger partial charge < -0.3 is 5.32 Å². The monoisotopic (exact) mass is 340 g/mol. The third kappa shape index (κ3) is 4.50. The number of nitrogens with one attached hydrogen (secondary N) is 2. The molecule has 0 spiro atoms. The van der Waals surface area contributed by atoms with Crippen LogP contribution in [0.4, 0.5) is 4.79 Å². The van der Waals surface area contributed by atoms with E-state index in [2.05, 4.69) is 10.6 Å². The van der Waals surface area contributed by atoms with Gasteiger partial charge in [0.25, 0.3) is 0 Å². The van der Waals surface area contributed by atoms with Gasteiger partial charge in [0.1, 0.15) is 0 Å². The van der Waals surface area contributed by atoms with Crippen LogP contribution in [0.1, 0.15) is 0 Å². The lowest BCUT2D eigenvalue weighted by Gasteiger charge is -2.33. The topological polar surface area (TPSA) is 98.8 Å². The molecule has 0 unspecified atom stereocenters. The second-order valence-corrected chi connectivity index (χ2v) is 7.06. The molecule has 0 bridgehead atoms. The van der Waals surface area contributed by atoms with Crippen molar-refractivity contribution < 1.29 is 18.0 Å². The van der Waals surface area contributed by atoms with Gasteiger partial charge in [-0.15, -0.1) is 0 Å². The highest BCUT2D eigenvalue weighted by Gasteiger charge is 2.28. The summed E-state index contributed by atoms with van der Waals surface area (Å²) in [6.07, 6.45) is 0. The highest BCUT2D eigenvalue weighted by Crippen LogP contribution is 2.16. The predicted octanol–water partition coefficient (Wildman–Crippen LogP) is -0.551. The van der Waals surface area contributed by atoms with Gasteiger partial charge in [0, 0.05) is 33.2 Å². The Bertz CT molecular complexity index is 655. The lowest BCUT2D eigenvalue weighted by molar-refractivity contribution is -0.121. The Morgan fingerprint density at radius 3 is 2.26 bits per heavy atom. The molecule has 2 rings (SSSR count). The van der Waals surface area contributed by atoms with E-state index in [1.165, 1.54) is 11.4 Å². The first-order valence-electron chi connectivity index (χ1n) is 7.22. The maximum absolute atomic E-state index is 12.5. The maximum Gasteiger partial charge on any atom is 0.321 e. The number of carbonyl (C=O) groups excluding carboxylic acids is 2. The lowest BCUT2D eigenvalue weighted by atomic mass is 10.3. The van der Waals surface area contributed by atoms with Crippen molar-refractivity contribution in [3.63, 3.8) is 0 Å². The number of hydrogen-bond acceptors (Lipinski definition) is 5. The summed E-state index contributed by atoms with van der Waals surface area (Å²) in [6.45, 7) is 1.56. The Kier molecular flexibility index (Phi) is 5.69. The fraction of sp³-hybridized carbons (Fsp3) is 0.429. The Balaban J connectivity index is 1.89. The fourth-order valence-electron chi connectivity index (χ4n) is 2.30. The van der Waals surface area contributed by atoms with Crippen LogP contribution in [0.5, 0.6) is 0 Å². The molecule has 126 valence electrons. The van der Waals surface area contributed by atoms with Gasteiger partial charge in [0.05, 0.1) is 11.4 Å². The molecule has 1 aliphatic heterocycles. The molecule has 3 amide bonds. The fourth-order valence-corrected chi connectivity index (χ4v) is 3.74. The van der Waals surface area contributed by atoms with Gasteiger partial charge in [0.15, 0.2) is 0 Å². The Labute approximate surface area is 135 Å². The van der Waals surface area contributed by atoms with Crippen LogP contribution < -0.4 is 10.6 Å². The van der Waals surface area contributed by atoms with Crippen LogP contribution in [0.3, 0.4) is 0 Å². The van der Waals surface area contributed by atoms with Gasteiger partial charge in [-0.1, -0.05) is 18.2 Å². The van der Waals surface area contributed by atoms with E-state index in [4.69, 9.17) is 0 Å². The summed E-state index contributed by atoms with van der Waals surface area (Å²) in [6, 6.07) is 7.72. The zero-order valence-corrected chi connectivity index (χ0v) is 13.7. The molecule has 8 nitrogen and oxygen atoms in total. The second-order valence-electron chi connectivity index (χ2n) is 5.12. The molecule has 0 atom stereocenters. The molecule has 1 aliphatic rings. The minimum absolute atomic E-state index is 0.0621. The van der Waals surface area contributed by atoms with E-state index in [1.807, 2.05) is 4.90 Å². The van der Waals surface area contributed by atoms with Crippen LogP contribution in [-0.4, -0.2) is 69.3 Å². The molecule has 0 aliphatic carbocycles. The Morgan fingerprint density at radius 2 is 1.70 bits per heavy atom. The van der Waals surface area contributed by atoms with E-state index >= 15 is 0 Å². The smallest absolute Gasteiger partial charge is 0.321 e. The van der Waals surface area contributed by atoms with Gasteiger partial charge in [-0.2, -0.15) is 4.31 Å². The van der Waals surface area contributed by atoms with Crippen LogP contribution in [-0.2, 0) is 14.8 Å².